The molecule has 1 aliphatic rings. The Kier molecular flexibility index (Phi) is 5.29. The van der Waals surface area contributed by atoms with E-state index in [1.807, 2.05) is 16.8 Å². The van der Waals surface area contributed by atoms with Crippen LogP contribution in [0.1, 0.15) is 44.6 Å². The molecular formula is C23H18N6OS3. The van der Waals surface area contributed by atoms with E-state index < -0.39 is 5.91 Å². The van der Waals surface area contributed by atoms with Gasteiger partial charge in [0.2, 0.25) is 0 Å². The van der Waals surface area contributed by atoms with E-state index in [1.54, 1.807) is 0 Å². The highest BCUT2D eigenvalue weighted by atomic mass is 32.1. The first-order valence-electron chi connectivity index (χ1n) is 10.2. The second-order valence-corrected chi connectivity index (χ2v) is 10.9. The average molecular weight is 491 g/mol. The first kappa shape index (κ1) is 21.4. The highest BCUT2D eigenvalue weighted by molar-refractivity contribution is 7.21. The topological polar surface area (TPSA) is 142 Å². The molecule has 1 atom stereocenters. The van der Waals surface area contributed by atoms with Gasteiger partial charge in [0.05, 0.1) is 11.3 Å². The Morgan fingerprint density at radius 3 is 2.73 bits per heavy atom. The van der Waals surface area contributed by atoms with Gasteiger partial charge >= 0.3 is 0 Å². The number of carbonyl (C=O) groups excluding carboxylic acids is 1. The predicted molar refractivity (Wildman–Crippen MR) is 135 cm³/mol. The van der Waals surface area contributed by atoms with Crippen molar-refractivity contribution < 1.29 is 4.79 Å². The van der Waals surface area contributed by atoms with E-state index in [9.17, 15) is 15.3 Å². The third kappa shape index (κ3) is 3.44. The number of hydrogen-bond donors (Lipinski definition) is 3. The molecule has 1 amide bonds. The van der Waals surface area contributed by atoms with Crippen molar-refractivity contribution in [3.63, 3.8) is 0 Å². The van der Waals surface area contributed by atoms with Crippen LogP contribution >= 0.6 is 34.0 Å². The number of nitrogen functional groups attached to an aromatic ring is 2. The van der Waals surface area contributed by atoms with Crippen LogP contribution in [0.4, 0.5) is 16.5 Å². The number of rotatable bonds is 3. The second kappa shape index (κ2) is 8.16. The largest absolute Gasteiger partial charge is 0.397 e. The van der Waals surface area contributed by atoms with Gasteiger partial charge in [-0.2, -0.15) is 21.9 Å². The molecule has 1 aliphatic carbocycles. The molecule has 0 radical (unpaired) electrons. The predicted octanol–water partition coefficient (Wildman–Crippen LogP) is 5.37. The molecular weight excluding hydrogens is 472 g/mol. The number of nitrogens with one attached hydrogen (secondary N) is 1. The molecule has 4 aromatic heterocycles. The summed E-state index contributed by atoms with van der Waals surface area (Å²) in [6, 6.07) is 6.28. The van der Waals surface area contributed by atoms with E-state index in [0.29, 0.717) is 32.3 Å². The fraction of sp³-hybridized carbons (Fsp3) is 0.217. The van der Waals surface area contributed by atoms with Crippen LogP contribution in [0.2, 0.25) is 0 Å². The van der Waals surface area contributed by atoms with Crippen LogP contribution in [0.3, 0.4) is 0 Å². The number of fused-ring (bicyclic) bond motifs is 2. The second-order valence-electron chi connectivity index (χ2n) is 8.02. The Balaban J connectivity index is 1.60. The standard InChI is InChI=1S/C23H18N6OS3/c1-10-2-3-12-13(7-24)22(32-15(12)6-10)29-21(30)19-18(26)17-16(11-4-5-31-9-11)14(8-25)20(27)28-23(17)33-19/h4-5,9-10H,2-3,6,26H2,1H3,(H2,27,28)(H,29,30). The van der Waals surface area contributed by atoms with Gasteiger partial charge in [0.25, 0.3) is 5.91 Å². The van der Waals surface area contributed by atoms with E-state index in [2.05, 4.69) is 29.4 Å². The van der Waals surface area contributed by atoms with Crippen molar-refractivity contribution in [1.82, 2.24) is 4.98 Å². The smallest absolute Gasteiger partial charge is 0.268 e. The van der Waals surface area contributed by atoms with E-state index in [0.717, 1.165) is 46.6 Å². The lowest BCUT2D eigenvalue weighted by atomic mass is 9.89. The van der Waals surface area contributed by atoms with Crippen LogP contribution in [0.15, 0.2) is 16.8 Å². The number of anilines is 3. The van der Waals surface area contributed by atoms with Crippen molar-refractivity contribution in [3.05, 3.63) is 43.3 Å². The summed E-state index contributed by atoms with van der Waals surface area (Å²) in [4.78, 5) is 19.6. The van der Waals surface area contributed by atoms with Crippen LogP contribution in [-0.2, 0) is 12.8 Å². The van der Waals surface area contributed by atoms with Crippen molar-refractivity contribution in [2.24, 2.45) is 5.92 Å². The molecule has 164 valence electrons. The summed E-state index contributed by atoms with van der Waals surface area (Å²) in [6.45, 7) is 2.20. The molecule has 5 N–H and O–H groups in total. The number of carbonyl (C=O) groups is 1. The Morgan fingerprint density at radius 1 is 1.24 bits per heavy atom. The maximum absolute atomic E-state index is 13.3. The minimum atomic E-state index is -0.396. The fourth-order valence-corrected chi connectivity index (χ4v) is 7.27. The summed E-state index contributed by atoms with van der Waals surface area (Å²) < 4.78 is 0. The zero-order valence-electron chi connectivity index (χ0n) is 17.6. The maximum Gasteiger partial charge on any atom is 0.268 e. The van der Waals surface area contributed by atoms with Crippen LogP contribution in [-0.4, -0.2) is 10.9 Å². The zero-order chi connectivity index (χ0) is 23.3. The van der Waals surface area contributed by atoms with Crippen LogP contribution in [0.25, 0.3) is 21.3 Å². The van der Waals surface area contributed by atoms with Gasteiger partial charge in [0.1, 0.15) is 38.2 Å². The van der Waals surface area contributed by atoms with Gasteiger partial charge in [-0.1, -0.05) is 6.92 Å². The summed E-state index contributed by atoms with van der Waals surface area (Å²) in [5, 5.41) is 27.3. The Morgan fingerprint density at radius 2 is 2.03 bits per heavy atom. The van der Waals surface area contributed by atoms with Crippen LogP contribution in [0, 0.1) is 28.6 Å². The number of nitrogens with two attached hydrogens (primary N) is 2. The molecule has 1 unspecified atom stereocenters. The number of nitriles is 2. The number of nitrogens with zero attached hydrogens (tertiary/aromatic N) is 3. The molecule has 0 fully saturated rings. The molecule has 0 saturated heterocycles. The van der Waals surface area contributed by atoms with Gasteiger partial charge in [0.15, 0.2) is 0 Å². The average Bonchev–Trinajstić information content (AvgIpc) is 3.50. The molecule has 33 heavy (non-hydrogen) atoms. The van der Waals surface area contributed by atoms with E-state index in [1.165, 1.54) is 22.7 Å². The van der Waals surface area contributed by atoms with Crippen molar-refractivity contribution in [2.75, 3.05) is 16.8 Å². The number of thiophene rings is 3. The summed E-state index contributed by atoms with van der Waals surface area (Å²) in [5.41, 5.74) is 16.0. The quantitative estimate of drug-likeness (QED) is 0.352. The van der Waals surface area contributed by atoms with Gasteiger partial charge in [-0.15, -0.1) is 22.7 Å². The van der Waals surface area contributed by atoms with Gasteiger partial charge in [-0.3, -0.25) is 4.79 Å². The molecule has 7 nitrogen and oxygen atoms in total. The number of amides is 1. The Labute approximate surface area is 201 Å². The summed E-state index contributed by atoms with van der Waals surface area (Å²) in [5.74, 6) is 0.268. The third-order valence-electron chi connectivity index (χ3n) is 5.88. The van der Waals surface area contributed by atoms with E-state index in [-0.39, 0.29) is 21.9 Å². The molecule has 0 bridgehead atoms. The molecule has 0 spiro atoms. The van der Waals surface area contributed by atoms with Gasteiger partial charge in [0, 0.05) is 15.8 Å². The summed E-state index contributed by atoms with van der Waals surface area (Å²) >= 11 is 4.09. The maximum atomic E-state index is 13.3. The molecule has 0 aromatic carbocycles. The normalized spacial score (nSPS) is 15.1. The fourth-order valence-electron chi connectivity index (χ4n) is 4.26. The van der Waals surface area contributed by atoms with Crippen molar-refractivity contribution in [2.45, 2.75) is 26.2 Å². The monoisotopic (exact) mass is 490 g/mol. The highest BCUT2D eigenvalue weighted by Gasteiger charge is 2.28. The molecule has 0 saturated carbocycles. The van der Waals surface area contributed by atoms with Crippen molar-refractivity contribution in [3.8, 4) is 23.3 Å². The summed E-state index contributed by atoms with van der Waals surface area (Å²) in [6.07, 6.45) is 2.80. The van der Waals surface area contributed by atoms with Crippen molar-refractivity contribution in [1.29, 1.82) is 10.5 Å². The van der Waals surface area contributed by atoms with E-state index >= 15 is 0 Å². The Hall–Kier alpha value is -3.44. The molecule has 0 aliphatic heterocycles. The highest BCUT2D eigenvalue weighted by Crippen LogP contribution is 2.44. The van der Waals surface area contributed by atoms with Crippen molar-refractivity contribution >= 4 is 66.6 Å². The Bertz CT molecular complexity index is 1500. The molecule has 5 rings (SSSR count). The number of aromatic nitrogens is 1. The lowest BCUT2D eigenvalue weighted by molar-refractivity contribution is 0.103. The first-order chi connectivity index (χ1) is 15.9. The third-order valence-corrected chi connectivity index (χ3v) is 8.83. The lowest BCUT2D eigenvalue weighted by Crippen LogP contribution is -2.12. The van der Waals surface area contributed by atoms with E-state index in [4.69, 9.17) is 11.5 Å². The number of pyridine rings is 1. The minimum absolute atomic E-state index is 0.103. The molecule has 4 heterocycles. The molecule has 4 aromatic rings. The van der Waals surface area contributed by atoms with Crippen LogP contribution < -0.4 is 16.8 Å². The van der Waals surface area contributed by atoms with Gasteiger partial charge < -0.3 is 16.8 Å². The SMILES string of the molecule is CC1CCc2c(sc(NC(=O)c3sc4nc(N)c(C#N)c(-c5ccsc5)c4c3N)c2C#N)C1. The first-order valence-corrected chi connectivity index (χ1v) is 12.8. The zero-order valence-corrected chi connectivity index (χ0v) is 20.0. The summed E-state index contributed by atoms with van der Waals surface area (Å²) in [7, 11) is 0. The minimum Gasteiger partial charge on any atom is -0.397 e. The molecule has 10 heteroatoms. The van der Waals surface area contributed by atoms with Crippen LogP contribution in [0.5, 0.6) is 0 Å². The van der Waals surface area contributed by atoms with Gasteiger partial charge in [-0.25, -0.2) is 4.98 Å². The lowest BCUT2D eigenvalue weighted by Gasteiger charge is -2.17. The van der Waals surface area contributed by atoms with Gasteiger partial charge in [-0.05, 0) is 53.1 Å². The number of hydrogen-bond acceptors (Lipinski definition) is 9.